The topological polar surface area (TPSA) is 58.2 Å². The van der Waals surface area contributed by atoms with E-state index in [2.05, 4.69) is 10.6 Å². The van der Waals surface area contributed by atoms with Gasteiger partial charge in [0.05, 0.1) is 5.75 Å². The predicted octanol–water partition coefficient (Wildman–Crippen LogP) is 1.20. The van der Waals surface area contributed by atoms with E-state index < -0.39 is 9.84 Å². The van der Waals surface area contributed by atoms with Crippen LogP contribution in [0.2, 0.25) is 0 Å². The zero-order valence-electron chi connectivity index (χ0n) is 11.4. The zero-order chi connectivity index (χ0) is 13.3. The third-order valence-corrected chi connectivity index (χ3v) is 6.49. The summed E-state index contributed by atoms with van der Waals surface area (Å²) in [5.41, 5.74) is 0.584. The highest BCUT2D eigenvalue weighted by Crippen LogP contribution is 2.43. The molecule has 0 aromatic rings. The van der Waals surface area contributed by atoms with Gasteiger partial charge in [0.15, 0.2) is 9.84 Å². The maximum Gasteiger partial charge on any atom is 0.173 e. The van der Waals surface area contributed by atoms with E-state index in [-0.39, 0.29) is 11.8 Å². The van der Waals surface area contributed by atoms with Crippen molar-refractivity contribution in [3.05, 3.63) is 11.5 Å². The fourth-order valence-corrected chi connectivity index (χ4v) is 5.08. The molecule has 108 valence electrons. The number of hydrogen-bond acceptors (Lipinski definition) is 4. The Balaban J connectivity index is 1.49. The van der Waals surface area contributed by atoms with E-state index in [0.717, 1.165) is 0 Å². The molecule has 1 unspecified atom stereocenters. The van der Waals surface area contributed by atoms with Crippen LogP contribution in [0.25, 0.3) is 0 Å². The van der Waals surface area contributed by atoms with E-state index in [0.29, 0.717) is 11.5 Å². The molecule has 2 heterocycles. The van der Waals surface area contributed by atoms with Crippen molar-refractivity contribution in [2.45, 2.75) is 50.6 Å². The van der Waals surface area contributed by atoms with E-state index in [4.69, 9.17) is 0 Å². The lowest BCUT2D eigenvalue weighted by Gasteiger charge is -2.43. The van der Waals surface area contributed by atoms with Crippen LogP contribution in [-0.4, -0.2) is 39.3 Å². The van der Waals surface area contributed by atoms with Crippen molar-refractivity contribution in [3.63, 3.8) is 0 Å². The first-order chi connectivity index (χ1) is 9.07. The summed E-state index contributed by atoms with van der Waals surface area (Å²) in [7, 11) is -2.92. The molecule has 2 N–H and O–H groups in total. The molecule has 1 saturated heterocycles. The monoisotopic (exact) mass is 284 g/mol. The molecule has 2 fully saturated rings. The lowest BCUT2D eigenvalue weighted by Crippen LogP contribution is -2.45. The molecule has 2 aliphatic heterocycles. The molecular weight excluding hydrogens is 260 g/mol. The van der Waals surface area contributed by atoms with Crippen LogP contribution in [0.15, 0.2) is 11.5 Å². The van der Waals surface area contributed by atoms with Gasteiger partial charge in [0.25, 0.3) is 0 Å². The second kappa shape index (κ2) is 5.19. The minimum absolute atomic E-state index is 0.0390. The highest BCUT2D eigenvalue weighted by atomic mass is 32.2. The second-order valence-electron chi connectivity index (χ2n) is 6.46. The number of nitrogens with one attached hydrogen (secondary N) is 2. The zero-order valence-corrected chi connectivity index (χ0v) is 12.2. The summed E-state index contributed by atoms with van der Waals surface area (Å²) in [5.74, 6) is 0.249. The second-order valence-corrected chi connectivity index (χ2v) is 8.39. The summed E-state index contributed by atoms with van der Waals surface area (Å²) in [6.45, 7) is 2.34. The standard InChI is InChI=1S/C14H24N2O2S/c17-19(18)10-3-13(11-19)16-12-1-4-14(5-2-12)6-8-15-9-7-14/h3,10,12-13,15-16H,1-2,4-9,11H2. The number of sulfone groups is 1. The van der Waals surface area contributed by atoms with Gasteiger partial charge in [0, 0.05) is 17.5 Å². The van der Waals surface area contributed by atoms with Gasteiger partial charge in [0.2, 0.25) is 0 Å². The Morgan fingerprint density at radius 3 is 2.37 bits per heavy atom. The molecule has 3 aliphatic rings. The first-order valence-electron chi connectivity index (χ1n) is 7.45. The molecule has 0 aromatic heterocycles. The van der Waals surface area contributed by atoms with E-state index in [1.807, 2.05) is 6.08 Å². The highest BCUT2D eigenvalue weighted by molar-refractivity contribution is 7.94. The Kier molecular flexibility index (Phi) is 3.71. The molecule has 0 radical (unpaired) electrons. The molecule has 1 saturated carbocycles. The molecule has 19 heavy (non-hydrogen) atoms. The minimum atomic E-state index is -2.92. The van der Waals surface area contributed by atoms with Crippen LogP contribution in [-0.2, 0) is 9.84 Å². The number of rotatable bonds is 2. The largest absolute Gasteiger partial charge is 0.317 e. The molecule has 1 spiro atoms. The van der Waals surface area contributed by atoms with E-state index >= 15 is 0 Å². The lowest BCUT2D eigenvalue weighted by atomic mass is 9.67. The smallest absolute Gasteiger partial charge is 0.173 e. The lowest BCUT2D eigenvalue weighted by molar-refractivity contribution is 0.114. The van der Waals surface area contributed by atoms with E-state index in [1.165, 1.54) is 57.0 Å². The molecule has 3 rings (SSSR count). The third-order valence-electron chi connectivity index (χ3n) is 5.09. The summed E-state index contributed by atoms with van der Waals surface area (Å²) in [6, 6.07) is 0.542. The van der Waals surface area contributed by atoms with Gasteiger partial charge in [-0.3, -0.25) is 0 Å². The summed E-state index contributed by atoms with van der Waals surface area (Å²) < 4.78 is 22.8. The van der Waals surface area contributed by atoms with Crippen LogP contribution < -0.4 is 10.6 Å². The van der Waals surface area contributed by atoms with Gasteiger partial charge in [-0.1, -0.05) is 6.08 Å². The quantitative estimate of drug-likeness (QED) is 0.800. The molecule has 4 nitrogen and oxygen atoms in total. The SMILES string of the molecule is O=S1(=O)C=CC(NC2CCC3(CCNCC3)CC2)C1. The number of hydrogen-bond donors (Lipinski definition) is 2. The van der Waals surface area contributed by atoms with Crippen LogP contribution in [0.4, 0.5) is 0 Å². The molecule has 0 amide bonds. The average molecular weight is 284 g/mol. The Morgan fingerprint density at radius 1 is 1.11 bits per heavy atom. The normalized spacial score (nSPS) is 33.8. The Bertz CT molecular complexity index is 442. The van der Waals surface area contributed by atoms with Crippen molar-refractivity contribution in [3.8, 4) is 0 Å². The molecule has 0 aromatic carbocycles. The van der Waals surface area contributed by atoms with Crippen molar-refractivity contribution in [1.29, 1.82) is 0 Å². The van der Waals surface area contributed by atoms with Gasteiger partial charge in [-0.15, -0.1) is 0 Å². The predicted molar refractivity (Wildman–Crippen MR) is 76.6 cm³/mol. The fraction of sp³-hybridized carbons (Fsp3) is 0.857. The molecule has 1 atom stereocenters. The Morgan fingerprint density at radius 2 is 1.79 bits per heavy atom. The van der Waals surface area contributed by atoms with Gasteiger partial charge in [-0.2, -0.15) is 0 Å². The summed E-state index contributed by atoms with van der Waals surface area (Å²) >= 11 is 0. The van der Waals surface area contributed by atoms with E-state index in [1.54, 1.807) is 0 Å². The van der Waals surface area contributed by atoms with Gasteiger partial charge in [-0.05, 0) is 57.0 Å². The van der Waals surface area contributed by atoms with Gasteiger partial charge in [0.1, 0.15) is 0 Å². The van der Waals surface area contributed by atoms with Crippen molar-refractivity contribution >= 4 is 9.84 Å². The van der Waals surface area contributed by atoms with Crippen LogP contribution in [0.1, 0.15) is 38.5 Å². The van der Waals surface area contributed by atoms with E-state index in [9.17, 15) is 8.42 Å². The van der Waals surface area contributed by atoms with Crippen molar-refractivity contribution in [2.75, 3.05) is 18.8 Å². The summed E-state index contributed by atoms with van der Waals surface area (Å²) in [4.78, 5) is 0. The number of piperidine rings is 1. The maximum absolute atomic E-state index is 11.4. The van der Waals surface area contributed by atoms with Gasteiger partial charge in [-0.25, -0.2) is 8.42 Å². The van der Waals surface area contributed by atoms with Crippen LogP contribution in [0.3, 0.4) is 0 Å². The maximum atomic E-state index is 11.4. The van der Waals surface area contributed by atoms with Crippen molar-refractivity contribution < 1.29 is 8.42 Å². The first-order valence-corrected chi connectivity index (χ1v) is 9.16. The minimum Gasteiger partial charge on any atom is -0.317 e. The van der Waals surface area contributed by atoms with Crippen molar-refractivity contribution in [2.24, 2.45) is 5.41 Å². The summed E-state index contributed by atoms with van der Waals surface area (Å²) in [6.07, 6.45) is 9.44. The summed E-state index contributed by atoms with van der Waals surface area (Å²) in [5, 5.41) is 8.32. The average Bonchev–Trinajstić information content (AvgIpc) is 2.73. The van der Waals surface area contributed by atoms with Gasteiger partial charge < -0.3 is 10.6 Å². The molecular formula is C14H24N2O2S. The van der Waals surface area contributed by atoms with Crippen LogP contribution in [0.5, 0.6) is 0 Å². The van der Waals surface area contributed by atoms with Gasteiger partial charge >= 0.3 is 0 Å². The third kappa shape index (κ3) is 3.20. The van der Waals surface area contributed by atoms with Crippen LogP contribution in [0, 0.1) is 5.41 Å². The molecule has 1 aliphatic carbocycles. The van der Waals surface area contributed by atoms with Crippen LogP contribution >= 0.6 is 0 Å². The van der Waals surface area contributed by atoms with Crippen molar-refractivity contribution in [1.82, 2.24) is 10.6 Å². The fourth-order valence-electron chi connectivity index (χ4n) is 3.84. The Labute approximate surface area is 116 Å². The first kappa shape index (κ1) is 13.6. The molecule has 0 bridgehead atoms. The molecule has 5 heteroatoms. The highest BCUT2D eigenvalue weighted by Gasteiger charge is 2.36. The Hall–Kier alpha value is -0.390.